The summed E-state index contributed by atoms with van der Waals surface area (Å²) in [6.45, 7) is 4.28. The standard InChI is InChI=1S/C19H20N2O/c1-14(21-15(2)19-4-3-13-22-19)16-5-7-17(8-6-16)18-9-11-20-12-10-18/h3-15,21H,1-2H3/t14-,15-/m1/s1. The highest BCUT2D eigenvalue weighted by Gasteiger charge is 2.13. The number of hydrogen-bond donors (Lipinski definition) is 1. The molecule has 0 aliphatic heterocycles. The Morgan fingerprint density at radius 2 is 1.55 bits per heavy atom. The first kappa shape index (κ1) is 14.5. The fourth-order valence-corrected chi connectivity index (χ4v) is 2.60. The van der Waals surface area contributed by atoms with Gasteiger partial charge in [-0.1, -0.05) is 24.3 Å². The Labute approximate surface area is 131 Å². The van der Waals surface area contributed by atoms with Crippen LogP contribution in [0.2, 0.25) is 0 Å². The number of benzene rings is 1. The molecule has 0 spiro atoms. The van der Waals surface area contributed by atoms with Crippen molar-refractivity contribution in [3.05, 3.63) is 78.5 Å². The van der Waals surface area contributed by atoms with E-state index >= 15 is 0 Å². The molecule has 2 atom stereocenters. The number of hydrogen-bond acceptors (Lipinski definition) is 3. The van der Waals surface area contributed by atoms with Crippen molar-refractivity contribution in [1.29, 1.82) is 0 Å². The molecular weight excluding hydrogens is 272 g/mol. The molecule has 1 aromatic carbocycles. The van der Waals surface area contributed by atoms with Gasteiger partial charge in [-0.05, 0) is 54.8 Å². The quantitative estimate of drug-likeness (QED) is 0.737. The lowest BCUT2D eigenvalue weighted by Gasteiger charge is -2.19. The molecule has 0 unspecified atom stereocenters. The molecule has 1 N–H and O–H groups in total. The minimum absolute atomic E-state index is 0.185. The third-order valence-corrected chi connectivity index (χ3v) is 3.89. The minimum Gasteiger partial charge on any atom is -0.468 e. The van der Waals surface area contributed by atoms with E-state index in [-0.39, 0.29) is 12.1 Å². The number of pyridine rings is 1. The Kier molecular flexibility index (Phi) is 4.35. The first-order valence-electron chi connectivity index (χ1n) is 7.54. The maximum Gasteiger partial charge on any atom is 0.120 e. The molecule has 22 heavy (non-hydrogen) atoms. The molecule has 0 fully saturated rings. The van der Waals surface area contributed by atoms with Gasteiger partial charge in [0.25, 0.3) is 0 Å². The number of nitrogens with one attached hydrogen (secondary N) is 1. The van der Waals surface area contributed by atoms with E-state index in [9.17, 15) is 0 Å². The molecule has 0 radical (unpaired) electrons. The van der Waals surface area contributed by atoms with E-state index in [1.54, 1.807) is 6.26 Å². The third-order valence-electron chi connectivity index (χ3n) is 3.89. The Balaban J connectivity index is 1.70. The van der Waals surface area contributed by atoms with Gasteiger partial charge >= 0.3 is 0 Å². The van der Waals surface area contributed by atoms with Crippen molar-refractivity contribution in [2.45, 2.75) is 25.9 Å². The summed E-state index contributed by atoms with van der Waals surface area (Å²) in [7, 11) is 0. The summed E-state index contributed by atoms with van der Waals surface area (Å²) >= 11 is 0. The molecular formula is C19H20N2O. The van der Waals surface area contributed by atoms with Crippen LogP contribution >= 0.6 is 0 Å². The number of aromatic nitrogens is 1. The molecule has 3 nitrogen and oxygen atoms in total. The summed E-state index contributed by atoms with van der Waals surface area (Å²) in [5.41, 5.74) is 3.65. The van der Waals surface area contributed by atoms with Crippen LogP contribution in [0, 0.1) is 0 Å². The molecule has 0 saturated carbocycles. The van der Waals surface area contributed by atoms with Crippen LogP contribution in [0.4, 0.5) is 0 Å². The summed E-state index contributed by atoms with van der Waals surface area (Å²) in [6.07, 6.45) is 5.35. The van der Waals surface area contributed by atoms with Gasteiger partial charge in [-0.15, -0.1) is 0 Å². The minimum atomic E-state index is 0.185. The van der Waals surface area contributed by atoms with Crippen molar-refractivity contribution in [1.82, 2.24) is 10.3 Å². The molecule has 0 saturated heterocycles. The van der Waals surface area contributed by atoms with Gasteiger partial charge < -0.3 is 9.73 Å². The highest BCUT2D eigenvalue weighted by molar-refractivity contribution is 5.62. The van der Waals surface area contributed by atoms with Crippen molar-refractivity contribution in [3.8, 4) is 11.1 Å². The number of furan rings is 1. The van der Waals surface area contributed by atoms with E-state index in [4.69, 9.17) is 4.42 Å². The highest BCUT2D eigenvalue weighted by Crippen LogP contribution is 2.23. The monoisotopic (exact) mass is 292 g/mol. The summed E-state index contributed by atoms with van der Waals surface area (Å²) < 4.78 is 5.44. The van der Waals surface area contributed by atoms with Crippen LogP contribution in [0.15, 0.2) is 71.6 Å². The van der Waals surface area contributed by atoms with Crippen LogP contribution in [0.3, 0.4) is 0 Å². The smallest absolute Gasteiger partial charge is 0.120 e. The second kappa shape index (κ2) is 6.58. The molecule has 2 heterocycles. The lowest BCUT2D eigenvalue weighted by molar-refractivity contribution is 0.403. The largest absolute Gasteiger partial charge is 0.468 e. The second-order valence-electron chi connectivity index (χ2n) is 5.48. The Morgan fingerprint density at radius 1 is 0.864 bits per heavy atom. The van der Waals surface area contributed by atoms with E-state index in [2.05, 4.69) is 48.4 Å². The lowest BCUT2D eigenvalue weighted by atomic mass is 10.0. The van der Waals surface area contributed by atoms with E-state index in [0.717, 1.165) is 5.76 Å². The summed E-state index contributed by atoms with van der Waals surface area (Å²) in [4.78, 5) is 4.05. The van der Waals surface area contributed by atoms with Crippen LogP contribution in [-0.4, -0.2) is 4.98 Å². The van der Waals surface area contributed by atoms with Crippen LogP contribution in [-0.2, 0) is 0 Å². The Hall–Kier alpha value is -2.39. The van der Waals surface area contributed by atoms with Crippen molar-refractivity contribution in [2.75, 3.05) is 0 Å². The summed E-state index contributed by atoms with van der Waals surface area (Å²) in [5.74, 6) is 0.959. The van der Waals surface area contributed by atoms with Gasteiger partial charge in [-0.2, -0.15) is 0 Å². The molecule has 2 aromatic heterocycles. The average Bonchev–Trinajstić information content (AvgIpc) is 3.10. The maximum atomic E-state index is 5.44. The van der Waals surface area contributed by atoms with Gasteiger partial charge in [0.15, 0.2) is 0 Å². The van der Waals surface area contributed by atoms with Gasteiger partial charge in [-0.25, -0.2) is 0 Å². The van der Waals surface area contributed by atoms with Gasteiger partial charge in [0.1, 0.15) is 5.76 Å². The zero-order valence-electron chi connectivity index (χ0n) is 12.9. The topological polar surface area (TPSA) is 38.1 Å². The average molecular weight is 292 g/mol. The van der Waals surface area contributed by atoms with Crippen LogP contribution in [0.1, 0.15) is 37.3 Å². The predicted molar refractivity (Wildman–Crippen MR) is 88.3 cm³/mol. The number of nitrogens with zero attached hydrogens (tertiary/aromatic N) is 1. The summed E-state index contributed by atoms with van der Waals surface area (Å²) in [5, 5.41) is 3.55. The van der Waals surface area contributed by atoms with Crippen LogP contribution in [0.25, 0.3) is 11.1 Å². The SMILES string of the molecule is C[C@@H](N[C@H](C)c1ccco1)c1ccc(-c2ccncc2)cc1. The second-order valence-corrected chi connectivity index (χ2v) is 5.48. The molecule has 0 aliphatic carbocycles. The molecule has 0 bridgehead atoms. The zero-order valence-corrected chi connectivity index (χ0v) is 12.9. The fourth-order valence-electron chi connectivity index (χ4n) is 2.60. The Morgan fingerprint density at radius 3 is 2.18 bits per heavy atom. The van der Waals surface area contributed by atoms with Crippen LogP contribution in [0.5, 0.6) is 0 Å². The normalized spacial score (nSPS) is 13.7. The molecule has 112 valence electrons. The van der Waals surface area contributed by atoms with Crippen molar-refractivity contribution in [3.63, 3.8) is 0 Å². The van der Waals surface area contributed by atoms with Crippen molar-refractivity contribution >= 4 is 0 Å². The van der Waals surface area contributed by atoms with Gasteiger partial charge in [0.2, 0.25) is 0 Å². The number of rotatable bonds is 5. The van der Waals surface area contributed by atoms with Gasteiger partial charge in [0.05, 0.1) is 12.3 Å². The summed E-state index contributed by atoms with van der Waals surface area (Å²) in [6, 6.07) is 17.0. The predicted octanol–water partition coefficient (Wildman–Crippen LogP) is 4.75. The lowest BCUT2D eigenvalue weighted by Crippen LogP contribution is -2.22. The maximum absolute atomic E-state index is 5.44. The van der Waals surface area contributed by atoms with E-state index in [0.29, 0.717) is 0 Å². The van der Waals surface area contributed by atoms with Gasteiger partial charge in [0, 0.05) is 18.4 Å². The highest BCUT2D eigenvalue weighted by atomic mass is 16.3. The molecule has 3 rings (SSSR count). The third kappa shape index (κ3) is 3.26. The zero-order chi connectivity index (χ0) is 15.4. The molecule has 3 aromatic rings. The van der Waals surface area contributed by atoms with E-state index in [1.807, 2.05) is 36.7 Å². The fraction of sp³-hybridized carbons (Fsp3) is 0.211. The van der Waals surface area contributed by atoms with E-state index in [1.165, 1.54) is 16.7 Å². The van der Waals surface area contributed by atoms with E-state index < -0.39 is 0 Å². The van der Waals surface area contributed by atoms with Crippen molar-refractivity contribution in [2.24, 2.45) is 0 Å². The first-order valence-corrected chi connectivity index (χ1v) is 7.54. The Bertz CT molecular complexity index is 690. The molecule has 0 amide bonds. The van der Waals surface area contributed by atoms with Gasteiger partial charge in [-0.3, -0.25) is 4.98 Å². The molecule has 3 heteroatoms. The first-order chi connectivity index (χ1) is 10.7. The molecule has 0 aliphatic rings. The van der Waals surface area contributed by atoms with Crippen LogP contribution < -0.4 is 5.32 Å². The van der Waals surface area contributed by atoms with Crippen molar-refractivity contribution < 1.29 is 4.42 Å².